The molecule has 1 amide bonds. The molecule has 440 valence electrons. The molecular formula is C61H107NO14. The highest BCUT2D eigenvalue weighted by atomic mass is 16.6. The second-order valence-corrected chi connectivity index (χ2v) is 25.8. The van der Waals surface area contributed by atoms with Gasteiger partial charge in [-0.2, -0.15) is 0 Å². The highest BCUT2D eigenvalue weighted by Crippen LogP contribution is 2.36. The maximum absolute atomic E-state index is 13.7. The quantitative estimate of drug-likeness (QED) is 0.0424. The highest BCUT2D eigenvalue weighted by molar-refractivity contribution is 5.72. The summed E-state index contributed by atoms with van der Waals surface area (Å²) in [6, 6.07) is 0. The summed E-state index contributed by atoms with van der Waals surface area (Å²) in [5.41, 5.74) is -1.95. The molecular weight excluding hydrogens is 971 g/mol. The molecule has 0 aliphatic heterocycles. The maximum Gasteiger partial charge on any atom is 0.410 e. The molecule has 0 aromatic rings. The van der Waals surface area contributed by atoms with Crippen LogP contribution in [0.4, 0.5) is 4.79 Å². The molecule has 15 heteroatoms. The van der Waals surface area contributed by atoms with E-state index in [2.05, 4.69) is 34.6 Å². The first kappa shape index (κ1) is 68.2. The zero-order valence-electron chi connectivity index (χ0n) is 49.1. The predicted octanol–water partition coefficient (Wildman–Crippen LogP) is 13.8. The van der Waals surface area contributed by atoms with Crippen LogP contribution in [0, 0.1) is 58.2 Å². The van der Waals surface area contributed by atoms with Crippen molar-refractivity contribution in [3.05, 3.63) is 0 Å². The summed E-state index contributed by atoms with van der Waals surface area (Å²) in [7, 11) is 0. The zero-order valence-corrected chi connectivity index (χ0v) is 49.1. The molecule has 76 heavy (non-hydrogen) atoms. The third-order valence-corrected chi connectivity index (χ3v) is 17.0. The van der Waals surface area contributed by atoms with Crippen LogP contribution in [0.15, 0.2) is 0 Å². The summed E-state index contributed by atoms with van der Waals surface area (Å²) in [6.45, 7) is 19.2. The zero-order chi connectivity index (χ0) is 56.6. The second kappa shape index (κ2) is 37.0. The van der Waals surface area contributed by atoms with Crippen LogP contribution < -0.4 is 0 Å². The van der Waals surface area contributed by atoms with Crippen LogP contribution in [0.5, 0.6) is 0 Å². The molecule has 4 aliphatic rings. The molecule has 0 bridgehead atoms. The lowest BCUT2D eigenvalue weighted by Crippen LogP contribution is -2.40. The fourth-order valence-electron chi connectivity index (χ4n) is 11.5. The van der Waals surface area contributed by atoms with Gasteiger partial charge in [-0.05, 0) is 107 Å². The van der Waals surface area contributed by atoms with Crippen LogP contribution in [0.3, 0.4) is 0 Å². The molecule has 4 rings (SSSR count). The summed E-state index contributed by atoms with van der Waals surface area (Å²) in [5.74, 6) is 4.43. The molecule has 0 aromatic heterocycles. The van der Waals surface area contributed by atoms with Crippen LogP contribution in [0.25, 0.3) is 0 Å². The van der Waals surface area contributed by atoms with Crippen LogP contribution in [-0.2, 0) is 52.5 Å². The molecule has 0 saturated heterocycles. The van der Waals surface area contributed by atoms with Crippen molar-refractivity contribution in [1.82, 2.24) is 4.90 Å². The minimum Gasteiger partial charge on any atom is -0.483 e. The van der Waals surface area contributed by atoms with E-state index in [0.717, 1.165) is 87.9 Å². The van der Waals surface area contributed by atoms with Crippen LogP contribution in [-0.4, -0.2) is 103 Å². The monoisotopic (exact) mass is 1080 g/mol. The van der Waals surface area contributed by atoms with Gasteiger partial charge < -0.3 is 38.8 Å². The van der Waals surface area contributed by atoms with E-state index < -0.39 is 28.5 Å². The van der Waals surface area contributed by atoms with Crippen molar-refractivity contribution in [2.45, 2.75) is 248 Å². The predicted molar refractivity (Wildman–Crippen MR) is 295 cm³/mol. The Morgan fingerprint density at radius 2 is 0.711 bits per heavy atom. The summed E-state index contributed by atoms with van der Waals surface area (Å²) in [4.78, 5) is 84.8. The number of rotatable bonds is 28. The topological polar surface area (TPSA) is 209 Å². The van der Waals surface area contributed by atoms with E-state index in [9.17, 15) is 24.0 Å². The first-order valence-corrected chi connectivity index (χ1v) is 29.8. The smallest absolute Gasteiger partial charge is 0.410 e. The van der Waals surface area contributed by atoms with Gasteiger partial charge in [0.2, 0.25) is 0 Å². The molecule has 0 spiro atoms. The van der Waals surface area contributed by atoms with Crippen molar-refractivity contribution in [1.29, 1.82) is 0 Å². The lowest BCUT2D eigenvalue weighted by Gasteiger charge is -2.32. The van der Waals surface area contributed by atoms with Gasteiger partial charge >= 0.3 is 30.0 Å². The molecule has 0 heterocycles. The molecule has 4 fully saturated rings. The van der Waals surface area contributed by atoms with Crippen molar-refractivity contribution in [3.63, 3.8) is 0 Å². The molecule has 15 nitrogen and oxygen atoms in total. The van der Waals surface area contributed by atoms with Gasteiger partial charge in [-0.25, -0.2) is 4.79 Å². The summed E-state index contributed by atoms with van der Waals surface area (Å²) in [6.07, 6.45) is 26.4. The van der Waals surface area contributed by atoms with E-state index in [1.165, 1.54) is 77.0 Å². The minimum atomic E-state index is -0.747. The van der Waals surface area contributed by atoms with Gasteiger partial charge in [0.15, 0.2) is 0 Å². The standard InChI is InChI=1S/C59H103NO10.2CH2O2/c1-44-13-21-48(22-14-44)12-10-36-58(8,40-66-52(61)32-29-49-23-15-45(2)16-24-49)41-69-55(64)35-39-60(56(65)70-57(5,6)7)38-11-37-59(9,42-67-53(62)33-30-50-25-17-46(3)18-26-50)43-68-54(63)34-31-51-27-19-47(4)20-28-51;2*2-1-3/h44-51H,10-43H2,1-9H3;2*1H,(H,2,3). The van der Waals surface area contributed by atoms with E-state index in [0.29, 0.717) is 55.8 Å². The molecule has 0 radical (unpaired) electrons. The third-order valence-electron chi connectivity index (χ3n) is 17.0. The van der Waals surface area contributed by atoms with Gasteiger partial charge in [0.25, 0.3) is 12.9 Å². The Morgan fingerprint density at radius 3 is 1.01 bits per heavy atom. The summed E-state index contributed by atoms with van der Waals surface area (Å²) in [5, 5.41) is 13.8. The molecule has 4 saturated carbocycles. The number of amides is 1. The van der Waals surface area contributed by atoms with E-state index >= 15 is 0 Å². The lowest BCUT2D eigenvalue weighted by molar-refractivity contribution is -0.155. The number of nitrogens with zero attached hydrogens (tertiary/aromatic N) is 1. The van der Waals surface area contributed by atoms with E-state index in [1.807, 2.05) is 27.7 Å². The SMILES string of the molecule is CC1CCC(CCCC(C)(COC(=O)CCC2CCC(C)CC2)COC(=O)CCN(CCCC(C)(COC(=O)CCC2CCC(C)CC2)COC(=O)CCC2CCC(C)CC2)C(=O)OC(C)(C)C)CC1.O=CO.O=CO. The Kier molecular flexibility index (Phi) is 33.2. The van der Waals surface area contributed by atoms with Crippen LogP contribution >= 0.6 is 0 Å². The van der Waals surface area contributed by atoms with Crippen molar-refractivity contribution >= 4 is 42.9 Å². The number of esters is 4. The summed E-state index contributed by atoms with van der Waals surface area (Å²) < 4.78 is 29.6. The van der Waals surface area contributed by atoms with Gasteiger partial charge in [-0.15, -0.1) is 0 Å². The van der Waals surface area contributed by atoms with Gasteiger partial charge in [-0.1, -0.05) is 157 Å². The number of carbonyl (C=O) groups excluding carboxylic acids is 5. The molecule has 1 unspecified atom stereocenters. The van der Waals surface area contributed by atoms with Crippen molar-refractivity contribution in [2.75, 3.05) is 39.5 Å². The minimum absolute atomic E-state index is 0.0261. The van der Waals surface area contributed by atoms with E-state index in [4.69, 9.17) is 43.5 Å². The number of carboxylic acid groups (broad SMARTS) is 2. The normalized spacial score (nSPS) is 25.2. The van der Waals surface area contributed by atoms with Crippen LogP contribution in [0.1, 0.15) is 242 Å². The molecule has 0 aromatic carbocycles. The number of ether oxygens (including phenoxy) is 5. The summed E-state index contributed by atoms with van der Waals surface area (Å²) >= 11 is 0. The number of carbonyl (C=O) groups is 7. The van der Waals surface area contributed by atoms with Crippen molar-refractivity contribution in [3.8, 4) is 0 Å². The Bertz CT molecular complexity index is 1600. The van der Waals surface area contributed by atoms with Crippen molar-refractivity contribution in [2.24, 2.45) is 58.2 Å². The maximum atomic E-state index is 13.7. The third kappa shape index (κ3) is 31.5. The van der Waals surface area contributed by atoms with Gasteiger partial charge in [0.05, 0.1) is 32.8 Å². The first-order chi connectivity index (χ1) is 36.0. The van der Waals surface area contributed by atoms with Gasteiger partial charge in [0, 0.05) is 43.2 Å². The van der Waals surface area contributed by atoms with Gasteiger partial charge in [-0.3, -0.25) is 28.8 Å². The Hall–Kier alpha value is -3.91. The lowest BCUT2D eigenvalue weighted by atomic mass is 9.78. The van der Waals surface area contributed by atoms with Crippen molar-refractivity contribution < 1.29 is 67.5 Å². The highest BCUT2D eigenvalue weighted by Gasteiger charge is 2.33. The van der Waals surface area contributed by atoms with E-state index in [1.54, 1.807) is 4.90 Å². The average Bonchev–Trinajstić information content (AvgIpc) is 3.37. The molecule has 4 aliphatic carbocycles. The fourth-order valence-corrected chi connectivity index (χ4v) is 11.5. The van der Waals surface area contributed by atoms with Gasteiger partial charge in [0.1, 0.15) is 5.60 Å². The Labute approximate surface area is 459 Å². The Morgan fingerprint density at radius 1 is 0.434 bits per heavy atom. The molecule has 2 N–H and O–H groups in total. The molecule has 1 atom stereocenters. The first-order valence-electron chi connectivity index (χ1n) is 29.8. The fraction of sp³-hybridized carbons (Fsp3) is 0.885. The number of hydrogen-bond donors (Lipinski definition) is 2. The largest absolute Gasteiger partial charge is 0.483 e. The second-order valence-electron chi connectivity index (χ2n) is 25.8. The number of hydrogen-bond acceptors (Lipinski definition) is 12. The Balaban J connectivity index is 0.00000314. The average molecular weight is 1080 g/mol. The van der Waals surface area contributed by atoms with Crippen LogP contribution in [0.2, 0.25) is 0 Å². The van der Waals surface area contributed by atoms with E-state index in [-0.39, 0.29) is 76.8 Å².